The van der Waals surface area contributed by atoms with Crippen molar-refractivity contribution < 1.29 is 19.4 Å². The molecule has 1 aliphatic heterocycles. The number of rotatable bonds is 15. The number of benzene rings is 2. The molecule has 0 amide bonds. The van der Waals surface area contributed by atoms with Gasteiger partial charge >= 0.3 is 0 Å². The van der Waals surface area contributed by atoms with Crippen LogP contribution in [-0.2, 0) is 9.47 Å². The third-order valence-corrected chi connectivity index (χ3v) is 9.86. The summed E-state index contributed by atoms with van der Waals surface area (Å²) < 4.78 is 11.4. The van der Waals surface area contributed by atoms with Crippen LogP contribution in [0.25, 0.3) is 21.1 Å². The minimum atomic E-state index is -1.18. The first kappa shape index (κ1) is 31.6. The third kappa shape index (κ3) is 9.08. The molecule has 3 aromatic rings. The number of anilines is 1. The largest absolute Gasteiger partial charge is 0.545 e. The SMILES string of the molecule is COCCCCCCCCOC1CCC(N2CCN(c3ccc(-c4nnc(-c5ccc(C(=O)[O-])cc5)s4)cc3)CC2)CC1. The molecule has 1 aliphatic carbocycles. The molecule has 0 spiro atoms. The van der Waals surface area contributed by atoms with Gasteiger partial charge in [0.05, 0.1) is 12.1 Å². The van der Waals surface area contributed by atoms with Gasteiger partial charge in [0.1, 0.15) is 10.0 Å². The average Bonchev–Trinajstić information content (AvgIpc) is 3.55. The van der Waals surface area contributed by atoms with Crippen LogP contribution in [0, 0.1) is 0 Å². The molecule has 5 rings (SSSR count). The van der Waals surface area contributed by atoms with E-state index >= 15 is 0 Å². The number of carboxylic acid groups (broad SMARTS) is 1. The molecule has 1 aromatic heterocycles. The van der Waals surface area contributed by atoms with E-state index in [9.17, 15) is 9.90 Å². The lowest BCUT2D eigenvalue weighted by molar-refractivity contribution is -0.255. The van der Waals surface area contributed by atoms with Crippen LogP contribution in [0.1, 0.15) is 74.6 Å². The molecule has 0 radical (unpaired) electrons. The molecule has 0 N–H and O–H groups in total. The molecule has 232 valence electrons. The zero-order valence-corrected chi connectivity index (χ0v) is 26.2. The van der Waals surface area contributed by atoms with E-state index in [2.05, 4.69) is 44.3 Å². The number of nitrogens with zero attached hydrogens (tertiary/aromatic N) is 4. The number of piperazine rings is 1. The van der Waals surface area contributed by atoms with Crippen LogP contribution in [0.5, 0.6) is 0 Å². The minimum absolute atomic E-state index is 0.156. The summed E-state index contributed by atoms with van der Waals surface area (Å²) in [5, 5.41) is 21.3. The number of unbranched alkanes of at least 4 members (excludes halogenated alkanes) is 5. The van der Waals surface area contributed by atoms with E-state index in [1.54, 1.807) is 19.2 Å². The Hall–Kier alpha value is -2.85. The van der Waals surface area contributed by atoms with Gasteiger partial charge in [0.25, 0.3) is 0 Å². The Morgan fingerprint density at radius 1 is 0.791 bits per heavy atom. The molecule has 9 heteroatoms. The van der Waals surface area contributed by atoms with Gasteiger partial charge in [-0.25, -0.2) is 0 Å². The highest BCUT2D eigenvalue weighted by Gasteiger charge is 2.28. The van der Waals surface area contributed by atoms with Crippen molar-refractivity contribution in [3.8, 4) is 21.1 Å². The highest BCUT2D eigenvalue weighted by atomic mass is 32.1. The summed E-state index contributed by atoms with van der Waals surface area (Å²) in [6, 6.07) is 15.9. The summed E-state index contributed by atoms with van der Waals surface area (Å²) in [6.07, 6.45) is 12.9. The van der Waals surface area contributed by atoms with E-state index in [1.807, 2.05) is 0 Å². The Balaban J connectivity index is 1.000. The first-order valence-electron chi connectivity index (χ1n) is 16.0. The van der Waals surface area contributed by atoms with Crippen LogP contribution in [0.3, 0.4) is 0 Å². The Bertz CT molecular complexity index is 1250. The zero-order valence-electron chi connectivity index (χ0n) is 25.4. The Labute approximate surface area is 260 Å². The van der Waals surface area contributed by atoms with Crippen molar-refractivity contribution in [2.45, 2.75) is 76.4 Å². The van der Waals surface area contributed by atoms with Gasteiger partial charge in [-0.1, -0.05) is 61.3 Å². The van der Waals surface area contributed by atoms with Crippen LogP contribution in [0.2, 0.25) is 0 Å². The van der Waals surface area contributed by atoms with Crippen LogP contribution in [0.4, 0.5) is 5.69 Å². The molecule has 1 saturated carbocycles. The molecule has 2 aromatic carbocycles. The summed E-state index contributed by atoms with van der Waals surface area (Å²) >= 11 is 1.50. The fourth-order valence-electron chi connectivity index (χ4n) is 6.25. The monoisotopic (exact) mass is 605 g/mol. The highest BCUT2D eigenvalue weighted by Crippen LogP contribution is 2.32. The molecule has 0 atom stereocenters. The maximum absolute atomic E-state index is 11.0. The van der Waals surface area contributed by atoms with Crippen molar-refractivity contribution in [3.05, 3.63) is 54.1 Å². The van der Waals surface area contributed by atoms with Gasteiger partial charge in [0, 0.05) is 69.4 Å². The number of methoxy groups -OCH3 is 1. The zero-order chi connectivity index (χ0) is 29.9. The predicted molar refractivity (Wildman–Crippen MR) is 170 cm³/mol. The quantitative estimate of drug-likeness (QED) is 0.205. The molecule has 8 nitrogen and oxygen atoms in total. The number of ether oxygens (including phenoxy) is 2. The Kier molecular flexibility index (Phi) is 12.0. The van der Waals surface area contributed by atoms with E-state index in [4.69, 9.17) is 9.47 Å². The summed E-state index contributed by atoms with van der Waals surface area (Å²) in [5.41, 5.74) is 3.29. The van der Waals surface area contributed by atoms with Crippen LogP contribution >= 0.6 is 11.3 Å². The van der Waals surface area contributed by atoms with E-state index in [0.29, 0.717) is 12.1 Å². The predicted octanol–water partition coefficient (Wildman–Crippen LogP) is 5.67. The molecular weight excluding hydrogens is 560 g/mol. The topological polar surface area (TPSA) is 90.9 Å². The number of aromatic carboxylic acids is 1. The molecule has 0 unspecified atom stereocenters. The number of hydrogen-bond acceptors (Lipinski definition) is 9. The van der Waals surface area contributed by atoms with Crippen molar-refractivity contribution in [1.29, 1.82) is 0 Å². The van der Waals surface area contributed by atoms with Crippen LogP contribution < -0.4 is 10.0 Å². The number of aromatic nitrogens is 2. The van der Waals surface area contributed by atoms with Gasteiger partial charge in [-0.3, -0.25) is 4.90 Å². The number of carboxylic acids is 1. The van der Waals surface area contributed by atoms with Crippen LogP contribution in [0.15, 0.2) is 48.5 Å². The van der Waals surface area contributed by atoms with E-state index in [0.717, 1.165) is 60.5 Å². The lowest BCUT2D eigenvalue weighted by Gasteiger charge is -2.42. The number of carbonyl (C=O) groups excluding carboxylic acids is 1. The molecule has 0 bridgehead atoms. The Morgan fingerprint density at radius 2 is 1.35 bits per heavy atom. The maximum Gasteiger partial charge on any atom is 0.148 e. The summed E-state index contributed by atoms with van der Waals surface area (Å²) in [4.78, 5) is 16.2. The molecular formula is C34H45N4O4S-. The summed E-state index contributed by atoms with van der Waals surface area (Å²) in [5.74, 6) is -1.18. The van der Waals surface area contributed by atoms with Crippen molar-refractivity contribution in [3.63, 3.8) is 0 Å². The van der Waals surface area contributed by atoms with Gasteiger partial charge in [-0.15, -0.1) is 10.2 Å². The van der Waals surface area contributed by atoms with Gasteiger partial charge in [0.15, 0.2) is 0 Å². The lowest BCUT2D eigenvalue weighted by atomic mass is 9.91. The second-order valence-electron chi connectivity index (χ2n) is 11.8. The van der Waals surface area contributed by atoms with Crippen molar-refractivity contribution in [2.75, 3.05) is 51.4 Å². The molecule has 2 fully saturated rings. The fourth-order valence-corrected chi connectivity index (χ4v) is 7.10. The fraction of sp³-hybridized carbons (Fsp3) is 0.559. The average molecular weight is 606 g/mol. The second-order valence-corrected chi connectivity index (χ2v) is 12.7. The lowest BCUT2D eigenvalue weighted by Crippen LogP contribution is -2.51. The van der Waals surface area contributed by atoms with E-state index in [1.165, 1.54) is 93.4 Å². The summed E-state index contributed by atoms with van der Waals surface area (Å²) in [6.45, 7) is 6.13. The highest BCUT2D eigenvalue weighted by molar-refractivity contribution is 7.17. The maximum atomic E-state index is 11.0. The summed E-state index contributed by atoms with van der Waals surface area (Å²) in [7, 11) is 1.78. The Morgan fingerprint density at radius 3 is 1.93 bits per heavy atom. The van der Waals surface area contributed by atoms with Gasteiger partial charge in [-0.05, 0) is 68.4 Å². The molecule has 1 saturated heterocycles. The normalized spacial score (nSPS) is 19.5. The van der Waals surface area contributed by atoms with E-state index < -0.39 is 5.97 Å². The van der Waals surface area contributed by atoms with Crippen LogP contribution in [-0.4, -0.2) is 79.7 Å². The first-order chi connectivity index (χ1) is 21.1. The first-order valence-corrected chi connectivity index (χ1v) is 16.8. The molecule has 2 aliphatic rings. The van der Waals surface area contributed by atoms with Gasteiger partial charge < -0.3 is 24.3 Å². The number of hydrogen-bond donors (Lipinski definition) is 0. The van der Waals surface area contributed by atoms with Crippen molar-refractivity contribution >= 4 is 23.0 Å². The third-order valence-electron chi connectivity index (χ3n) is 8.84. The van der Waals surface area contributed by atoms with Gasteiger partial charge in [-0.2, -0.15) is 0 Å². The number of carbonyl (C=O) groups is 1. The van der Waals surface area contributed by atoms with Gasteiger partial charge in [0.2, 0.25) is 0 Å². The molecule has 2 heterocycles. The van der Waals surface area contributed by atoms with Crippen molar-refractivity contribution in [2.24, 2.45) is 0 Å². The minimum Gasteiger partial charge on any atom is -0.545 e. The molecule has 43 heavy (non-hydrogen) atoms. The van der Waals surface area contributed by atoms with E-state index in [-0.39, 0.29) is 5.56 Å². The van der Waals surface area contributed by atoms with Crippen molar-refractivity contribution in [1.82, 2.24) is 15.1 Å². The smallest absolute Gasteiger partial charge is 0.148 e. The second kappa shape index (κ2) is 16.3. The standard InChI is InChI=1S/C34H46N4O4S/c1-41-24-6-4-2-3-5-7-25-42-31-18-16-30(17-19-31)38-22-20-37(21-23-38)29-14-12-27(13-15-29)33-36-35-32(43-33)26-8-10-28(11-9-26)34(39)40/h8-15,30-31H,2-7,16-25H2,1H3,(H,39,40)/p-1.